The Morgan fingerprint density at radius 2 is 2.27 bits per heavy atom. The number of ether oxygens (including phenoxy) is 1. The van der Waals surface area contributed by atoms with Crippen LogP contribution in [-0.4, -0.2) is 25.4 Å². The van der Waals surface area contributed by atoms with Crippen molar-refractivity contribution in [2.24, 2.45) is 5.10 Å². The van der Waals surface area contributed by atoms with E-state index in [-0.39, 0.29) is 0 Å². The van der Waals surface area contributed by atoms with Crippen molar-refractivity contribution in [3.05, 3.63) is 35.2 Å². The molecule has 0 unspecified atom stereocenters. The first-order valence-electron chi connectivity index (χ1n) is 5.06. The molecule has 0 amide bonds. The summed E-state index contributed by atoms with van der Waals surface area (Å²) in [5, 5.41) is 5.77. The van der Waals surface area contributed by atoms with Crippen molar-refractivity contribution in [2.45, 2.75) is 20.3 Å². The van der Waals surface area contributed by atoms with Crippen molar-refractivity contribution in [3.8, 4) is 0 Å². The topological polar surface area (TPSA) is 24.8 Å². The van der Waals surface area contributed by atoms with Crippen molar-refractivity contribution >= 4 is 6.72 Å². The highest BCUT2D eigenvalue weighted by Crippen LogP contribution is 2.21. The van der Waals surface area contributed by atoms with Gasteiger partial charge >= 0.3 is 0 Å². The van der Waals surface area contributed by atoms with Crippen LogP contribution in [0.5, 0.6) is 0 Å². The third-order valence-corrected chi connectivity index (χ3v) is 2.42. The Bertz CT molecular complexity index is 327. The molecular formula is C12H18N2O. The van der Waals surface area contributed by atoms with Crippen LogP contribution in [0.2, 0.25) is 0 Å². The summed E-state index contributed by atoms with van der Waals surface area (Å²) >= 11 is 0. The fourth-order valence-corrected chi connectivity index (χ4v) is 1.42. The number of nitrogens with zero attached hydrogens (tertiary/aromatic N) is 2. The van der Waals surface area contributed by atoms with Crippen LogP contribution in [-0.2, 0) is 4.74 Å². The lowest BCUT2D eigenvalue weighted by Crippen LogP contribution is -2.14. The first kappa shape index (κ1) is 11.7. The molecule has 82 valence electrons. The first-order chi connectivity index (χ1) is 7.22. The van der Waals surface area contributed by atoms with Gasteiger partial charge in [0.2, 0.25) is 0 Å². The van der Waals surface area contributed by atoms with Crippen LogP contribution in [0.3, 0.4) is 0 Å². The zero-order valence-corrected chi connectivity index (χ0v) is 9.66. The monoisotopic (exact) mass is 206 g/mol. The largest absolute Gasteiger partial charge is 0.380 e. The number of rotatable bonds is 4. The van der Waals surface area contributed by atoms with Gasteiger partial charge in [0.1, 0.15) is 0 Å². The fourth-order valence-electron chi connectivity index (χ4n) is 1.42. The molecule has 0 bridgehead atoms. The van der Waals surface area contributed by atoms with E-state index in [1.165, 1.54) is 5.57 Å². The van der Waals surface area contributed by atoms with Gasteiger partial charge in [-0.25, -0.2) is 5.01 Å². The van der Waals surface area contributed by atoms with Gasteiger partial charge in [-0.2, -0.15) is 5.10 Å². The van der Waals surface area contributed by atoms with Crippen LogP contribution in [0.15, 0.2) is 40.3 Å². The van der Waals surface area contributed by atoms with Gasteiger partial charge in [-0.15, -0.1) is 0 Å². The molecule has 1 aliphatic heterocycles. The van der Waals surface area contributed by atoms with E-state index in [1.807, 2.05) is 6.20 Å². The standard InChI is InChI=1S/C12H18N2O/c1-5-10(2)12-7-6-11(9-15-4)8-14(12)13-3/h6-8H,3,5,9H2,1-2,4H3/b12-10+. The van der Waals surface area contributed by atoms with Gasteiger partial charge in [0, 0.05) is 20.0 Å². The van der Waals surface area contributed by atoms with Crippen LogP contribution in [0.25, 0.3) is 0 Å². The number of hydrogen-bond donors (Lipinski definition) is 0. The lowest BCUT2D eigenvalue weighted by Gasteiger charge is -2.22. The fraction of sp³-hybridized carbons (Fsp3) is 0.417. The van der Waals surface area contributed by atoms with Crippen molar-refractivity contribution in [2.75, 3.05) is 13.7 Å². The van der Waals surface area contributed by atoms with Crippen molar-refractivity contribution in [3.63, 3.8) is 0 Å². The molecule has 0 aromatic heterocycles. The van der Waals surface area contributed by atoms with Crippen LogP contribution in [0.1, 0.15) is 20.3 Å². The Labute approximate surface area is 91.4 Å². The zero-order valence-electron chi connectivity index (χ0n) is 9.66. The highest BCUT2D eigenvalue weighted by molar-refractivity contribution is 5.38. The molecule has 1 heterocycles. The molecule has 3 heteroatoms. The smallest absolute Gasteiger partial charge is 0.0728 e. The number of hydrazone groups is 1. The number of hydrogen-bond acceptors (Lipinski definition) is 3. The van der Waals surface area contributed by atoms with Gasteiger partial charge in [0.15, 0.2) is 0 Å². The predicted octanol–water partition coefficient (Wildman–Crippen LogP) is 2.69. The number of methoxy groups -OCH3 is 1. The molecule has 15 heavy (non-hydrogen) atoms. The SMILES string of the molecule is C=NN1C=C(COC)C=C/C1=C(/C)CC. The highest BCUT2D eigenvalue weighted by Gasteiger charge is 2.10. The van der Waals surface area contributed by atoms with Gasteiger partial charge in [-0.05, 0) is 30.6 Å². The van der Waals surface area contributed by atoms with E-state index < -0.39 is 0 Å². The van der Waals surface area contributed by atoms with Crippen molar-refractivity contribution in [1.82, 2.24) is 5.01 Å². The van der Waals surface area contributed by atoms with E-state index in [4.69, 9.17) is 4.74 Å². The molecule has 0 spiro atoms. The van der Waals surface area contributed by atoms with E-state index >= 15 is 0 Å². The third-order valence-electron chi connectivity index (χ3n) is 2.42. The molecule has 0 aromatic rings. The molecule has 0 N–H and O–H groups in total. The predicted molar refractivity (Wildman–Crippen MR) is 63.5 cm³/mol. The van der Waals surface area contributed by atoms with Gasteiger partial charge in [-0.1, -0.05) is 13.0 Å². The Morgan fingerprint density at radius 3 is 2.80 bits per heavy atom. The minimum atomic E-state index is 0.598. The maximum atomic E-state index is 5.07. The third kappa shape index (κ3) is 2.80. The van der Waals surface area contributed by atoms with Crippen LogP contribution < -0.4 is 0 Å². The molecular weight excluding hydrogens is 188 g/mol. The summed E-state index contributed by atoms with van der Waals surface area (Å²) in [5.74, 6) is 0. The summed E-state index contributed by atoms with van der Waals surface area (Å²) in [6.45, 7) is 8.40. The van der Waals surface area contributed by atoms with Crippen LogP contribution in [0.4, 0.5) is 0 Å². The Kier molecular flexibility index (Phi) is 4.31. The van der Waals surface area contributed by atoms with E-state index in [2.05, 4.69) is 37.8 Å². The minimum Gasteiger partial charge on any atom is -0.380 e. The molecule has 0 atom stereocenters. The molecule has 0 saturated carbocycles. The minimum absolute atomic E-state index is 0.598. The summed E-state index contributed by atoms with van der Waals surface area (Å²) < 4.78 is 5.07. The second-order valence-corrected chi connectivity index (χ2v) is 3.48. The second kappa shape index (κ2) is 5.51. The van der Waals surface area contributed by atoms with Gasteiger partial charge in [-0.3, -0.25) is 0 Å². The summed E-state index contributed by atoms with van der Waals surface area (Å²) in [6.07, 6.45) is 7.08. The van der Waals surface area contributed by atoms with Crippen LogP contribution in [0, 0.1) is 0 Å². The maximum Gasteiger partial charge on any atom is 0.0728 e. The average Bonchev–Trinajstić information content (AvgIpc) is 2.28. The Hall–Kier alpha value is -1.35. The molecule has 0 aromatic carbocycles. The summed E-state index contributed by atoms with van der Waals surface area (Å²) in [4.78, 5) is 0. The number of allylic oxidation sites excluding steroid dienone is 2. The van der Waals surface area contributed by atoms with Gasteiger partial charge in [0.25, 0.3) is 0 Å². The normalized spacial score (nSPS) is 18.9. The quantitative estimate of drug-likeness (QED) is 0.661. The van der Waals surface area contributed by atoms with Crippen molar-refractivity contribution < 1.29 is 4.74 Å². The highest BCUT2D eigenvalue weighted by atomic mass is 16.5. The molecule has 0 radical (unpaired) electrons. The van der Waals surface area contributed by atoms with E-state index in [1.54, 1.807) is 12.1 Å². The molecule has 1 aliphatic rings. The van der Waals surface area contributed by atoms with Crippen LogP contribution >= 0.6 is 0 Å². The van der Waals surface area contributed by atoms with E-state index in [0.717, 1.165) is 17.7 Å². The lowest BCUT2D eigenvalue weighted by atomic mass is 10.1. The molecule has 1 rings (SSSR count). The Balaban J connectivity index is 2.93. The average molecular weight is 206 g/mol. The van der Waals surface area contributed by atoms with E-state index in [0.29, 0.717) is 6.61 Å². The Morgan fingerprint density at radius 1 is 1.53 bits per heavy atom. The summed E-state index contributed by atoms with van der Waals surface area (Å²) in [6, 6.07) is 0. The zero-order chi connectivity index (χ0) is 11.3. The van der Waals surface area contributed by atoms with Gasteiger partial charge < -0.3 is 4.74 Å². The molecule has 0 saturated heterocycles. The molecule has 0 aliphatic carbocycles. The van der Waals surface area contributed by atoms with Crippen molar-refractivity contribution in [1.29, 1.82) is 0 Å². The lowest BCUT2D eigenvalue weighted by molar-refractivity contribution is 0.226. The summed E-state index contributed by atoms with van der Waals surface area (Å²) in [5.41, 5.74) is 3.50. The second-order valence-electron chi connectivity index (χ2n) is 3.48. The van der Waals surface area contributed by atoms with E-state index in [9.17, 15) is 0 Å². The molecule has 0 fully saturated rings. The first-order valence-corrected chi connectivity index (χ1v) is 5.06. The molecule has 3 nitrogen and oxygen atoms in total. The maximum absolute atomic E-state index is 5.07. The summed E-state index contributed by atoms with van der Waals surface area (Å²) in [7, 11) is 1.68. The van der Waals surface area contributed by atoms with Gasteiger partial charge in [0.05, 0.1) is 12.3 Å².